The van der Waals surface area contributed by atoms with Gasteiger partial charge in [-0.3, -0.25) is 0 Å². The van der Waals surface area contributed by atoms with Gasteiger partial charge in [0, 0.05) is 22.5 Å². The molecule has 0 spiro atoms. The summed E-state index contributed by atoms with van der Waals surface area (Å²) in [6.45, 7) is 3.49. The number of nitrogens with one attached hydrogen (secondary N) is 1. The van der Waals surface area contributed by atoms with Crippen molar-refractivity contribution in [1.82, 2.24) is 5.32 Å². The second-order valence-corrected chi connectivity index (χ2v) is 5.45. The van der Waals surface area contributed by atoms with E-state index in [1.165, 1.54) is 0 Å². The van der Waals surface area contributed by atoms with Crippen molar-refractivity contribution in [1.29, 1.82) is 0 Å². The number of halogens is 2. The van der Waals surface area contributed by atoms with E-state index in [4.69, 9.17) is 0 Å². The maximum atomic E-state index is 14.9. The smallest absolute Gasteiger partial charge is 0.138 e. The monoisotopic (exact) mass is 285 g/mol. The van der Waals surface area contributed by atoms with Crippen molar-refractivity contribution in [3.63, 3.8) is 0 Å². The van der Waals surface area contributed by atoms with Crippen LogP contribution in [0, 0.1) is 5.92 Å². The van der Waals surface area contributed by atoms with Gasteiger partial charge in [0.15, 0.2) is 0 Å². The summed E-state index contributed by atoms with van der Waals surface area (Å²) in [6.07, 6.45) is 2.02. The van der Waals surface area contributed by atoms with Crippen LogP contribution in [0.4, 0.5) is 4.39 Å². The Morgan fingerprint density at radius 1 is 1.44 bits per heavy atom. The minimum absolute atomic E-state index is 0.0694. The Morgan fingerprint density at radius 3 is 2.81 bits per heavy atom. The summed E-state index contributed by atoms with van der Waals surface area (Å²) in [7, 11) is 0. The normalized spacial score (nSPS) is 25.1. The maximum Gasteiger partial charge on any atom is 0.138 e. The molecule has 1 nitrogen and oxygen atoms in total. The SMILES string of the molecule is CC(F)(c1ccccc1Br)C1CCCNC1. The highest BCUT2D eigenvalue weighted by molar-refractivity contribution is 9.10. The number of benzene rings is 1. The summed E-state index contributed by atoms with van der Waals surface area (Å²) in [5.41, 5.74) is -0.489. The van der Waals surface area contributed by atoms with Gasteiger partial charge in [-0.15, -0.1) is 0 Å². The third-order valence-corrected chi connectivity index (χ3v) is 4.16. The molecule has 0 aromatic heterocycles. The lowest BCUT2D eigenvalue weighted by Crippen LogP contribution is -2.40. The first-order valence-corrected chi connectivity index (χ1v) is 6.56. The van der Waals surface area contributed by atoms with E-state index in [1.54, 1.807) is 6.92 Å². The van der Waals surface area contributed by atoms with Gasteiger partial charge in [-0.25, -0.2) is 4.39 Å². The van der Waals surface area contributed by atoms with E-state index < -0.39 is 5.67 Å². The molecule has 0 bridgehead atoms. The topological polar surface area (TPSA) is 12.0 Å². The first-order valence-electron chi connectivity index (χ1n) is 5.77. The molecular formula is C13H17BrFN. The van der Waals surface area contributed by atoms with Gasteiger partial charge in [0.05, 0.1) is 0 Å². The average Bonchev–Trinajstić information content (AvgIpc) is 2.30. The Morgan fingerprint density at radius 2 is 2.19 bits per heavy atom. The van der Waals surface area contributed by atoms with Crippen LogP contribution in [0.2, 0.25) is 0 Å². The Balaban J connectivity index is 2.26. The molecule has 1 saturated heterocycles. The molecule has 0 saturated carbocycles. The molecule has 88 valence electrons. The highest BCUT2D eigenvalue weighted by Gasteiger charge is 2.37. The average molecular weight is 286 g/mol. The summed E-state index contributed by atoms with van der Waals surface area (Å²) in [6, 6.07) is 7.60. The molecule has 16 heavy (non-hydrogen) atoms. The van der Waals surface area contributed by atoms with Gasteiger partial charge < -0.3 is 5.32 Å². The van der Waals surface area contributed by atoms with Crippen molar-refractivity contribution in [2.45, 2.75) is 25.4 Å². The molecule has 2 atom stereocenters. The van der Waals surface area contributed by atoms with E-state index in [0.29, 0.717) is 0 Å². The van der Waals surface area contributed by atoms with E-state index in [1.807, 2.05) is 24.3 Å². The lowest BCUT2D eigenvalue weighted by molar-refractivity contribution is 0.0804. The predicted molar refractivity (Wildman–Crippen MR) is 68.2 cm³/mol. The van der Waals surface area contributed by atoms with Crippen LogP contribution in [0.15, 0.2) is 28.7 Å². The maximum absolute atomic E-state index is 14.9. The fraction of sp³-hybridized carbons (Fsp3) is 0.538. The number of hydrogen-bond donors (Lipinski definition) is 1. The van der Waals surface area contributed by atoms with Crippen molar-refractivity contribution in [2.75, 3.05) is 13.1 Å². The zero-order chi connectivity index (χ0) is 11.6. The molecule has 0 radical (unpaired) electrons. The molecule has 3 heteroatoms. The van der Waals surface area contributed by atoms with Crippen molar-refractivity contribution >= 4 is 15.9 Å². The molecule has 1 N–H and O–H groups in total. The van der Waals surface area contributed by atoms with Gasteiger partial charge in [0.2, 0.25) is 0 Å². The van der Waals surface area contributed by atoms with Crippen LogP contribution in [-0.2, 0) is 5.67 Å². The van der Waals surface area contributed by atoms with Gasteiger partial charge in [0.25, 0.3) is 0 Å². The molecule has 1 aliphatic rings. The second-order valence-electron chi connectivity index (χ2n) is 4.60. The molecule has 1 fully saturated rings. The molecule has 2 rings (SSSR count). The van der Waals surface area contributed by atoms with E-state index in [0.717, 1.165) is 36.0 Å². The third-order valence-electron chi connectivity index (χ3n) is 3.46. The zero-order valence-electron chi connectivity index (χ0n) is 9.47. The molecule has 1 aromatic carbocycles. The molecule has 0 amide bonds. The Bertz CT molecular complexity index is 359. The van der Waals surface area contributed by atoms with E-state index >= 15 is 0 Å². The Kier molecular flexibility index (Phi) is 3.65. The Hall–Kier alpha value is -0.410. The molecule has 1 aliphatic heterocycles. The minimum Gasteiger partial charge on any atom is -0.316 e. The summed E-state index contributed by atoms with van der Waals surface area (Å²) < 4.78 is 15.8. The Labute approximate surface area is 105 Å². The van der Waals surface area contributed by atoms with Crippen LogP contribution < -0.4 is 5.32 Å². The number of rotatable bonds is 2. The lowest BCUT2D eigenvalue weighted by atomic mass is 9.80. The molecular weight excluding hydrogens is 269 g/mol. The summed E-state index contributed by atoms with van der Waals surface area (Å²) in [4.78, 5) is 0. The van der Waals surface area contributed by atoms with E-state index in [-0.39, 0.29) is 5.92 Å². The quantitative estimate of drug-likeness (QED) is 0.875. The molecule has 0 aliphatic carbocycles. The zero-order valence-corrected chi connectivity index (χ0v) is 11.1. The fourth-order valence-electron chi connectivity index (χ4n) is 2.39. The van der Waals surface area contributed by atoms with Gasteiger partial charge >= 0.3 is 0 Å². The number of alkyl halides is 1. The first kappa shape index (κ1) is 12.1. The van der Waals surface area contributed by atoms with Crippen molar-refractivity contribution in [2.24, 2.45) is 5.92 Å². The van der Waals surface area contributed by atoms with Crippen LogP contribution in [0.1, 0.15) is 25.3 Å². The standard InChI is InChI=1S/C13H17BrFN/c1-13(15,10-5-4-8-16-9-10)11-6-2-3-7-12(11)14/h2-3,6-7,10,16H,4-5,8-9H2,1H3. The van der Waals surface area contributed by atoms with E-state index in [2.05, 4.69) is 21.2 Å². The van der Waals surface area contributed by atoms with Gasteiger partial charge in [0.1, 0.15) is 5.67 Å². The van der Waals surface area contributed by atoms with Crippen molar-refractivity contribution < 1.29 is 4.39 Å². The molecule has 1 heterocycles. The van der Waals surface area contributed by atoms with Crippen molar-refractivity contribution in [3.8, 4) is 0 Å². The van der Waals surface area contributed by atoms with Crippen LogP contribution >= 0.6 is 15.9 Å². The fourth-order valence-corrected chi connectivity index (χ4v) is 3.06. The highest BCUT2D eigenvalue weighted by Crippen LogP contribution is 2.40. The minimum atomic E-state index is -1.26. The largest absolute Gasteiger partial charge is 0.316 e. The first-order chi connectivity index (χ1) is 7.62. The second kappa shape index (κ2) is 4.84. The van der Waals surface area contributed by atoms with Crippen LogP contribution in [0.5, 0.6) is 0 Å². The van der Waals surface area contributed by atoms with Crippen LogP contribution in [-0.4, -0.2) is 13.1 Å². The summed E-state index contributed by atoms with van der Waals surface area (Å²) in [5, 5.41) is 3.27. The number of piperidine rings is 1. The van der Waals surface area contributed by atoms with Gasteiger partial charge in [-0.05, 0) is 32.4 Å². The molecule has 1 aromatic rings. The number of hydrogen-bond acceptors (Lipinski definition) is 1. The van der Waals surface area contributed by atoms with Crippen molar-refractivity contribution in [3.05, 3.63) is 34.3 Å². The van der Waals surface area contributed by atoms with Gasteiger partial charge in [-0.1, -0.05) is 34.1 Å². The van der Waals surface area contributed by atoms with Gasteiger partial charge in [-0.2, -0.15) is 0 Å². The summed E-state index contributed by atoms with van der Waals surface area (Å²) >= 11 is 3.44. The third kappa shape index (κ3) is 2.30. The highest BCUT2D eigenvalue weighted by atomic mass is 79.9. The lowest BCUT2D eigenvalue weighted by Gasteiger charge is -2.34. The van der Waals surface area contributed by atoms with E-state index in [9.17, 15) is 4.39 Å². The van der Waals surface area contributed by atoms with Crippen LogP contribution in [0.3, 0.4) is 0 Å². The van der Waals surface area contributed by atoms with Crippen LogP contribution in [0.25, 0.3) is 0 Å². The molecule has 2 unspecified atom stereocenters. The summed E-state index contributed by atoms with van der Waals surface area (Å²) in [5.74, 6) is 0.0694. The predicted octanol–water partition coefficient (Wildman–Crippen LogP) is 3.63.